The highest BCUT2D eigenvalue weighted by molar-refractivity contribution is 5.38. The number of rotatable bonds is 4. The smallest absolute Gasteiger partial charge is 0.225 e. The monoisotopic (exact) mass is 407 g/mol. The summed E-state index contributed by atoms with van der Waals surface area (Å²) in [4.78, 5) is 26.3. The van der Waals surface area contributed by atoms with Crippen LogP contribution in [-0.4, -0.2) is 70.3 Å². The van der Waals surface area contributed by atoms with Crippen molar-refractivity contribution in [3.8, 4) is 0 Å². The highest BCUT2D eigenvalue weighted by Gasteiger charge is 2.41. The molecule has 0 aliphatic carbocycles. The molecule has 0 radical (unpaired) electrons. The van der Waals surface area contributed by atoms with Gasteiger partial charge in [-0.05, 0) is 31.7 Å². The zero-order valence-electron chi connectivity index (χ0n) is 17.4. The standard InChI is InChI=1S/C22H29N7O/c1-2-8-27(7-1)21-23-6-5-16(25-21)15-29-17-3-4-20(29)18-14-24-22(26-19(18)13-17)28-9-11-30-12-10-28/h5-6,14,17,20H,1-4,7-13,15H2. The lowest BCUT2D eigenvalue weighted by Gasteiger charge is -2.36. The van der Waals surface area contributed by atoms with E-state index in [1.807, 2.05) is 6.20 Å². The van der Waals surface area contributed by atoms with Crippen molar-refractivity contribution in [2.75, 3.05) is 49.2 Å². The predicted octanol–water partition coefficient (Wildman–Crippen LogP) is 1.97. The van der Waals surface area contributed by atoms with Crippen molar-refractivity contribution in [1.29, 1.82) is 0 Å². The number of hydrogen-bond acceptors (Lipinski definition) is 8. The molecule has 0 saturated carbocycles. The molecule has 2 unspecified atom stereocenters. The lowest BCUT2D eigenvalue weighted by Crippen LogP contribution is -2.40. The minimum Gasteiger partial charge on any atom is -0.378 e. The summed E-state index contributed by atoms with van der Waals surface area (Å²) in [7, 11) is 0. The topological polar surface area (TPSA) is 70.5 Å². The second-order valence-corrected chi connectivity index (χ2v) is 8.84. The number of morpholine rings is 1. The Hall–Kier alpha value is -2.32. The molecular weight excluding hydrogens is 378 g/mol. The highest BCUT2D eigenvalue weighted by atomic mass is 16.5. The van der Waals surface area contributed by atoms with E-state index in [2.05, 4.69) is 31.9 Å². The molecule has 2 atom stereocenters. The Morgan fingerprint density at radius 1 is 0.933 bits per heavy atom. The maximum Gasteiger partial charge on any atom is 0.225 e. The second kappa shape index (κ2) is 7.74. The fourth-order valence-electron chi connectivity index (χ4n) is 5.45. The number of fused-ring (bicyclic) bond motifs is 4. The summed E-state index contributed by atoms with van der Waals surface area (Å²) in [6.07, 6.45) is 9.91. The zero-order chi connectivity index (χ0) is 19.9. The average molecular weight is 408 g/mol. The van der Waals surface area contributed by atoms with Crippen molar-refractivity contribution < 1.29 is 4.74 Å². The van der Waals surface area contributed by atoms with Gasteiger partial charge in [-0.3, -0.25) is 4.90 Å². The summed E-state index contributed by atoms with van der Waals surface area (Å²) in [6.45, 7) is 6.32. The molecule has 0 spiro atoms. The van der Waals surface area contributed by atoms with Crippen molar-refractivity contribution in [1.82, 2.24) is 24.8 Å². The fourth-order valence-corrected chi connectivity index (χ4v) is 5.45. The second-order valence-electron chi connectivity index (χ2n) is 8.84. The fraction of sp³-hybridized carbons (Fsp3) is 0.636. The van der Waals surface area contributed by atoms with E-state index in [1.165, 1.54) is 36.9 Å². The first-order chi connectivity index (χ1) is 14.8. The molecule has 3 fully saturated rings. The van der Waals surface area contributed by atoms with E-state index in [-0.39, 0.29) is 0 Å². The maximum atomic E-state index is 5.47. The van der Waals surface area contributed by atoms with Gasteiger partial charge in [0.05, 0.1) is 24.6 Å². The number of anilines is 2. The number of ether oxygens (including phenoxy) is 1. The molecule has 3 saturated heterocycles. The summed E-state index contributed by atoms with van der Waals surface area (Å²) < 4.78 is 5.47. The molecule has 4 aliphatic heterocycles. The Balaban J connectivity index is 1.22. The minimum atomic E-state index is 0.405. The number of aromatic nitrogens is 4. The molecule has 0 aromatic carbocycles. The molecule has 30 heavy (non-hydrogen) atoms. The summed E-state index contributed by atoms with van der Waals surface area (Å²) in [5, 5.41) is 0. The van der Waals surface area contributed by atoms with Gasteiger partial charge in [-0.1, -0.05) is 0 Å². The zero-order valence-corrected chi connectivity index (χ0v) is 17.4. The van der Waals surface area contributed by atoms with Crippen molar-refractivity contribution >= 4 is 11.9 Å². The molecule has 6 heterocycles. The van der Waals surface area contributed by atoms with Gasteiger partial charge < -0.3 is 14.5 Å². The van der Waals surface area contributed by atoms with Gasteiger partial charge in [0, 0.05) is 69.2 Å². The van der Waals surface area contributed by atoms with Crippen LogP contribution in [-0.2, 0) is 17.7 Å². The Kier molecular flexibility index (Phi) is 4.76. The first kappa shape index (κ1) is 18.4. The van der Waals surface area contributed by atoms with E-state index >= 15 is 0 Å². The molecule has 2 aromatic rings. The summed E-state index contributed by atoms with van der Waals surface area (Å²) in [5.41, 5.74) is 3.68. The first-order valence-corrected chi connectivity index (χ1v) is 11.4. The third-order valence-corrected chi connectivity index (χ3v) is 7.05. The van der Waals surface area contributed by atoms with Gasteiger partial charge in [0.25, 0.3) is 0 Å². The molecule has 8 nitrogen and oxygen atoms in total. The van der Waals surface area contributed by atoms with Crippen molar-refractivity contribution in [2.24, 2.45) is 0 Å². The Morgan fingerprint density at radius 3 is 2.60 bits per heavy atom. The Morgan fingerprint density at radius 2 is 1.73 bits per heavy atom. The van der Waals surface area contributed by atoms with Crippen LogP contribution in [0.25, 0.3) is 0 Å². The van der Waals surface area contributed by atoms with E-state index in [0.29, 0.717) is 12.1 Å². The molecule has 0 N–H and O–H groups in total. The quantitative estimate of drug-likeness (QED) is 0.762. The van der Waals surface area contributed by atoms with Crippen LogP contribution in [0.1, 0.15) is 48.7 Å². The summed E-state index contributed by atoms with van der Waals surface area (Å²) >= 11 is 0. The van der Waals surface area contributed by atoms with Gasteiger partial charge in [-0.2, -0.15) is 0 Å². The van der Waals surface area contributed by atoms with Crippen LogP contribution in [0.15, 0.2) is 18.5 Å². The third-order valence-electron chi connectivity index (χ3n) is 7.05. The van der Waals surface area contributed by atoms with Gasteiger partial charge in [0.15, 0.2) is 0 Å². The van der Waals surface area contributed by atoms with Crippen LogP contribution in [0.4, 0.5) is 11.9 Å². The summed E-state index contributed by atoms with van der Waals surface area (Å²) in [6, 6.07) is 3.02. The number of hydrogen-bond donors (Lipinski definition) is 0. The molecule has 0 amide bonds. The highest BCUT2D eigenvalue weighted by Crippen LogP contribution is 2.44. The Bertz CT molecular complexity index is 910. The molecule has 4 aliphatic rings. The Labute approximate surface area is 177 Å². The lowest BCUT2D eigenvalue weighted by molar-refractivity contribution is 0.122. The van der Waals surface area contributed by atoms with Crippen LogP contribution >= 0.6 is 0 Å². The molecular formula is C22H29N7O. The van der Waals surface area contributed by atoms with Crippen molar-refractivity contribution in [2.45, 2.75) is 50.7 Å². The normalized spacial score (nSPS) is 26.3. The van der Waals surface area contributed by atoms with Crippen molar-refractivity contribution in [3.05, 3.63) is 35.4 Å². The van der Waals surface area contributed by atoms with Crippen LogP contribution in [0.3, 0.4) is 0 Å². The van der Waals surface area contributed by atoms with Gasteiger partial charge >= 0.3 is 0 Å². The van der Waals surface area contributed by atoms with Gasteiger partial charge in [-0.15, -0.1) is 0 Å². The average Bonchev–Trinajstić information content (AvgIpc) is 3.42. The van der Waals surface area contributed by atoms with Crippen molar-refractivity contribution in [3.63, 3.8) is 0 Å². The van der Waals surface area contributed by atoms with Crippen LogP contribution in [0, 0.1) is 0 Å². The summed E-state index contributed by atoms with van der Waals surface area (Å²) in [5.74, 6) is 1.77. The largest absolute Gasteiger partial charge is 0.378 e. The molecule has 158 valence electrons. The van der Waals surface area contributed by atoms with E-state index in [9.17, 15) is 0 Å². The van der Waals surface area contributed by atoms with Gasteiger partial charge in [-0.25, -0.2) is 19.9 Å². The van der Waals surface area contributed by atoms with Crippen LogP contribution in [0.2, 0.25) is 0 Å². The lowest BCUT2D eigenvalue weighted by atomic mass is 9.99. The van der Waals surface area contributed by atoms with E-state index < -0.39 is 0 Å². The van der Waals surface area contributed by atoms with Gasteiger partial charge in [0.2, 0.25) is 11.9 Å². The predicted molar refractivity (Wildman–Crippen MR) is 114 cm³/mol. The molecule has 2 aromatic heterocycles. The maximum absolute atomic E-state index is 5.47. The van der Waals surface area contributed by atoms with E-state index in [1.54, 1.807) is 0 Å². The molecule has 8 heteroatoms. The number of nitrogens with zero attached hydrogens (tertiary/aromatic N) is 7. The van der Waals surface area contributed by atoms with E-state index in [4.69, 9.17) is 19.7 Å². The van der Waals surface area contributed by atoms with E-state index in [0.717, 1.165) is 69.9 Å². The molecule has 6 rings (SSSR count). The minimum absolute atomic E-state index is 0.405. The SMILES string of the molecule is c1cc(CN2C3CCC2c2cnc(N4CCOCC4)nc2C3)nc(N2CCCC2)n1. The van der Waals surface area contributed by atoms with Gasteiger partial charge in [0.1, 0.15) is 0 Å². The molecule has 2 bridgehead atoms. The van der Waals surface area contributed by atoms with Crippen LogP contribution in [0.5, 0.6) is 0 Å². The van der Waals surface area contributed by atoms with Crippen LogP contribution < -0.4 is 9.80 Å². The third kappa shape index (κ3) is 3.32. The first-order valence-electron chi connectivity index (χ1n) is 11.4.